The van der Waals surface area contributed by atoms with E-state index in [2.05, 4.69) is 84.9 Å². The molecule has 0 aliphatic carbocycles. The molecule has 0 bridgehead atoms. The van der Waals surface area contributed by atoms with Crippen molar-refractivity contribution in [2.24, 2.45) is 9.98 Å². The van der Waals surface area contributed by atoms with Crippen LogP contribution >= 0.6 is 0 Å². The van der Waals surface area contributed by atoms with Gasteiger partial charge >= 0.3 is 17.1 Å². The molecule has 1 radical (unpaired) electrons. The van der Waals surface area contributed by atoms with Crippen LogP contribution in [-0.4, -0.2) is 17.4 Å². The molecule has 37 heavy (non-hydrogen) atoms. The smallest absolute Gasteiger partial charge is 1.00 e. The van der Waals surface area contributed by atoms with Crippen molar-refractivity contribution in [3.05, 3.63) is 86.7 Å². The van der Waals surface area contributed by atoms with Crippen molar-refractivity contribution in [2.45, 2.75) is 74.1 Å². The number of hydrogen-bond acceptors (Lipinski definition) is 3. The number of halogens is 3. The summed E-state index contributed by atoms with van der Waals surface area (Å²) in [5, 5.41) is 0. The fraction of sp³-hybridized carbons (Fsp3) is 0.367. The molecule has 0 saturated carbocycles. The topological polar surface area (TPSA) is 37.6 Å². The number of rotatable bonds is 8. The van der Waals surface area contributed by atoms with Gasteiger partial charge in [-0.25, -0.2) is 4.98 Å². The first-order chi connectivity index (χ1) is 15.9. The Labute approximate surface area is 252 Å². The molecule has 1 heterocycles. The Morgan fingerprint density at radius 1 is 0.541 bits per heavy atom. The zero-order valence-corrected chi connectivity index (χ0v) is 26.1. The second-order valence-electron chi connectivity index (χ2n) is 8.79. The van der Waals surface area contributed by atoms with Gasteiger partial charge in [0.25, 0.3) is 0 Å². The van der Waals surface area contributed by atoms with Gasteiger partial charge in [-0.2, -0.15) is 0 Å². The molecule has 0 atom stereocenters. The zero-order chi connectivity index (χ0) is 24.0. The molecule has 3 aromatic rings. The van der Waals surface area contributed by atoms with Crippen LogP contribution in [0.5, 0.6) is 0 Å². The third-order valence-electron chi connectivity index (χ3n) is 6.01. The Hall–Kier alpha value is -1.68. The van der Waals surface area contributed by atoms with E-state index in [1.165, 1.54) is 33.4 Å². The molecule has 0 amide bonds. The maximum absolute atomic E-state index is 4.89. The summed E-state index contributed by atoms with van der Waals surface area (Å²) in [5.74, 6) is 0. The van der Waals surface area contributed by atoms with E-state index in [4.69, 9.17) is 15.0 Å². The molecule has 0 spiro atoms. The van der Waals surface area contributed by atoms with Crippen molar-refractivity contribution in [1.29, 1.82) is 0 Å². The van der Waals surface area contributed by atoms with Crippen LogP contribution < -0.4 is 37.2 Å². The van der Waals surface area contributed by atoms with E-state index in [1.807, 2.05) is 12.4 Å². The van der Waals surface area contributed by atoms with Crippen molar-refractivity contribution in [3.63, 3.8) is 0 Å². The van der Waals surface area contributed by atoms with Gasteiger partial charge in [0.1, 0.15) is 0 Å². The summed E-state index contributed by atoms with van der Waals surface area (Å²) in [6.07, 6.45) is 7.67. The summed E-state index contributed by atoms with van der Waals surface area (Å²) >= 11 is 0. The van der Waals surface area contributed by atoms with E-state index < -0.39 is 0 Å². The molecule has 3 nitrogen and oxygen atoms in total. The van der Waals surface area contributed by atoms with Gasteiger partial charge in [-0.05, 0) is 86.4 Å². The predicted octanol–water partition coefficient (Wildman–Crippen LogP) is -1.23. The number of pyridine rings is 1. The van der Waals surface area contributed by atoms with Crippen LogP contribution in [0, 0.1) is 20.8 Å². The minimum atomic E-state index is 0. The van der Waals surface area contributed by atoms with Crippen molar-refractivity contribution < 1.29 is 54.3 Å². The average Bonchev–Trinajstić information content (AvgIpc) is 2.80. The van der Waals surface area contributed by atoms with Crippen molar-refractivity contribution in [1.82, 2.24) is 4.98 Å². The van der Waals surface area contributed by atoms with E-state index >= 15 is 0 Å². The Morgan fingerprint density at radius 3 is 1.08 bits per heavy atom. The Morgan fingerprint density at radius 2 is 0.811 bits per heavy atom. The number of aromatic nitrogens is 1. The first kappa shape index (κ1) is 37.5. The number of hydrogen-bond donors (Lipinski definition) is 0. The van der Waals surface area contributed by atoms with E-state index in [0.717, 1.165) is 54.0 Å². The third-order valence-corrected chi connectivity index (χ3v) is 6.01. The summed E-state index contributed by atoms with van der Waals surface area (Å²) in [7, 11) is 0. The van der Waals surface area contributed by atoms with Gasteiger partial charge in [0, 0.05) is 0 Å². The van der Waals surface area contributed by atoms with Crippen LogP contribution in [0.3, 0.4) is 0 Å². The third kappa shape index (κ3) is 9.85. The average molecular weight is 602 g/mol. The summed E-state index contributed by atoms with van der Waals surface area (Å²) in [5.41, 5.74) is 12.8. The van der Waals surface area contributed by atoms with Gasteiger partial charge in [-0.15, -0.1) is 0 Å². The number of nitrogens with zero attached hydrogens (tertiary/aromatic N) is 3. The molecule has 201 valence electrons. The fourth-order valence-corrected chi connectivity index (χ4v) is 4.39. The molecule has 2 aromatic carbocycles. The zero-order valence-electron chi connectivity index (χ0n) is 22.8. The summed E-state index contributed by atoms with van der Waals surface area (Å²) in [4.78, 5) is 14.6. The molecule has 0 unspecified atom stereocenters. The molecular formula is C30H37Cl3FeN3. The van der Waals surface area contributed by atoms with E-state index in [1.54, 1.807) is 0 Å². The van der Waals surface area contributed by atoms with Gasteiger partial charge in [-0.3, -0.25) is 9.98 Å². The minimum Gasteiger partial charge on any atom is -1.00 e. The maximum Gasteiger partial charge on any atom is 3.00 e. The van der Waals surface area contributed by atoms with Gasteiger partial charge in [0.05, 0.1) is 35.2 Å². The minimum absolute atomic E-state index is 0. The van der Waals surface area contributed by atoms with Crippen molar-refractivity contribution in [2.75, 3.05) is 0 Å². The van der Waals surface area contributed by atoms with E-state index in [9.17, 15) is 0 Å². The quantitative estimate of drug-likeness (QED) is 0.236. The first-order valence-corrected chi connectivity index (χ1v) is 12.2. The second-order valence-corrected chi connectivity index (χ2v) is 8.79. The van der Waals surface area contributed by atoms with Gasteiger partial charge in [0.15, 0.2) is 0 Å². The molecule has 0 N–H and O–H groups in total. The Kier molecular flexibility index (Phi) is 18.0. The SMILES string of the molecule is CCc1cc(C)cc(CC)c1N=Cc1cc(C)cc(C=Nc2c(CC)cc(C)cc2CC)n1.[Cl-].[Cl-].[Cl-].[Fe+3]. The molecule has 0 fully saturated rings. The molecule has 0 aliphatic rings. The van der Waals surface area contributed by atoms with Crippen molar-refractivity contribution >= 4 is 23.8 Å². The Balaban J connectivity index is 0. The molecule has 0 aliphatic heterocycles. The first-order valence-electron chi connectivity index (χ1n) is 12.2. The summed E-state index contributed by atoms with van der Waals surface area (Å²) in [6.45, 7) is 15.2. The second kappa shape index (κ2) is 17.8. The molecule has 3 rings (SSSR count). The van der Waals surface area contributed by atoms with Gasteiger partial charge in [0.2, 0.25) is 0 Å². The summed E-state index contributed by atoms with van der Waals surface area (Å²) < 4.78 is 0. The molecule has 7 heteroatoms. The van der Waals surface area contributed by atoms with Crippen LogP contribution in [0.25, 0.3) is 0 Å². The van der Waals surface area contributed by atoms with Crippen molar-refractivity contribution in [3.8, 4) is 0 Å². The number of benzene rings is 2. The standard InChI is InChI=1S/C30H37N3.3ClH.Fe/c1-8-23-12-20(5)13-24(9-2)29(23)31-18-27-16-22(7)17-28(33-27)19-32-30-25(10-3)14-21(6)15-26(30)11-4;;;;/h12-19H,8-11H2,1-7H3;3*1H;/q;;;;+3/p-3. The normalized spacial score (nSPS) is 10.5. The maximum atomic E-state index is 4.89. The molecule has 0 saturated heterocycles. The largest absolute Gasteiger partial charge is 3.00 e. The van der Waals surface area contributed by atoms with Gasteiger partial charge < -0.3 is 37.2 Å². The molecular weight excluding hydrogens is 565 g/mol. The van der Waals surface area contributed by atoms with Crippen LogP contribution in [0.2, 0.25) is 0 Å². The van der Waals surface area contributed by atoms with E-state index in [0.29, 0.717) is 0 Å². The molecule has 1 aromatic heterocycles. The number of aliphatic imine (C=N–C) groups is 2. The van der Waals surface area contributed by atoms with Crippen LogP contribution in [0.1, 0.15) is 78.0 Å². The van der Waals surface area contributed by atoms with Crippen LogP contribution in [0.15, 0.2) is 46.4 Å². The van der Waals surface area contributed by atoms with Gasteiger partial charge in [-0.1, -0.05) is 63.1 Å². The summed E-state index contributed by atoms with van der Waals surface area (Å²) in [6, 6.07) is 13.1. The van der Waals surface area contributed by atoms with E-state index in [-0.39, 0.29) is 54.3 Å². The monoisotopic (exact) mass is 600 g/mol. The number of aryl methyl sites for hydroxylation is 7. The Bertz CT molecular complexity index is 1070. The van der Waals surface area contributed by atoms with Crippen LogP contribution in [0.4, 0.5) is 11.4 Å². The van der Waals surface area contributed by atoms with Crippen LogP contribution in [-0.2, 0) is 42.8 Å². The fourth-order valence-electron chi connectivity index (χ4n) is 4.39. The predicted molar refractivity (Wildman–Crippen MR) is 143 cm³/mol.